The number of aliphatic hydroxyl groups excluding tert-OH is 1. The number of hydrogen-bond donors (Lipinski definition) is 2. The molecule has 2 nitrogen and oxygen atoms in total. The number of hydrogen-bond acceptors (Lipinski definition) is 2. The van der Waals surface area contributed by atoms with Gasteiger partial charge in [-0.1, -0.05) is 44.0 Å². The number of aryl methyl sites for hydroxylation is 1. The summed E-state index contributed by atoms with van der Waals surface area (Å²) in [6.45, 7) is 3.30. The monoisotopic (exact) mass is 247 g/mol. The third-order valence-corrected chi connectivity index (χ3v) is 3.82. The second kappa shape index (κ2) is 6.91. The molecule has 1 heterocycles. The van der Waals surface area contributed by atoms with Crippen LogP contribution in [0, 0.1) is 0 Å². The number of benzene rings is 1. The average Bonchev–Trinajstić information content (AvgIpc) is 2.41. The van der Waals surface area contributed by atoms with Crippen LogP contribution in [0.4, 0.5) is 0 Å². The molecule has 0 aliphatic carbocycles. The van der Waals surface area contributed by atoms with E-state index in [0.29, 0.717) is 6.04 Å². The third-order valence-electron chi connectivity index (χ3n) is 3.82. The van der Waals surface area contributed by atoms with E-state index in [4.69, 9.17) is 0 Å². The van der Waals surface area contributed by atoms with E-state index in [1.165, 1.54) is 31.2 Å². The van der Waals surface area contributed by atoms with Gasteiger partial charge in [0.05, 0.1) is 6.10 Å². The summed E-state index contributed by atoms with van der Waals surface area (Å²) in [4.78, 5) is 0. The lowest BCUT2D eigenvalue weighted by Gasteiger charge is -2.25. The number of rotatable bonds is 5. The van der Waals surface area contributed by atoms with E-state index >= 15 is 0 Å². The van der Waals surface area contributed by atoms with Crippen molar-refractivity contribution in [3.05, 3.63) is 35.4 Å². The van der Waals surface area contributed by atoms with Crippen LogP contribution in [0.3, 0.4) is 0 Å². The van der Waals surface area contributed by atoms with Gasteiger partial charge in [0.2, 0.25) is 0 Å². The summed E-state index contributed by atoms with van der Waals surface area (Å²) >= 11 is 0. The van der Waals surface area contributed by atoms with Gasteiger partial charge in [0.15, 0.2) is 0 Å². The van der Waals surface area contributed by atoms with Crippen molar-refractivity contribution in [1.29, 1.82) is 0 Å². The average molecular weight is 247 g/mol. The van der Waals surface area contributed by atoms with Gasteiger partial charge in [0.1, 0.15) is 0 Å². The zero-order valence-corrected chi connectivity index (χ0v) is 11.4. The highest BCUT2D eigenvalue weighted by Crippen LogP contribution is 2.22. The van der Waals surface area contributed by atoms with Crippen molar-refractivity contribution in [2.24, 2.45) is 0 Å². The molecule has 2 unspecified atom stereocenters. The van der Waals surface area contributed by atoms with Crippen LogP contribution in [-0.4, -0.2) is 17.7 Å². The topological polar surface area (TPSA) is 32.3 Å². The first kappa shape index (κ1) is 13.6. The zero-order chi connectivity index (χ0) is 12.8. The van der Waals surface area contributed by atoms with E-state index < -0.39 is 0 Å². The Morgan fingerprint density at radius 2 is 2.06 bits per heavy atom. The SMILES string of the molecule is CCCc1ccc(C(O)CC2CCCCN2)cc1. The predicted octanol–water partition coefficient (Wildman–Crippen LogP) is 3.20. The Kier molecular flexibility index (Phi) is 5.21. The minimum absolute atomic E-state index is 0.323. The fraction of sp³-hybridized carbons (Fsp3) is 0.625. The van der Waals surface area contributed by atoms with Gasteiger partial charge >= 0.3 is 0 Å². The Morgan fingerprint density at radius 1 is 1.28 bits per heavy atom. The van der Waals surface area contributed by atoms with E-state index in [9.17, 15) is 5.11 Å². The highest BCUT2D eigenvalue weighted by atomic mass is 16.3. The zero-order valence-electron chi connectivity index (χ0n) is 11.4. The molecular weight excluding hydrogens is 222 g/mol. The Hall–Kier alpha value is -0.860. The molecule has 0 saturated carbocycles. The molecule has 0 bridgehead atoms. The highest BCUT2D eigenvalue weighted by Gasteiger charge is 2.17. The van der Waals surface area contributed by atoms with Gasteiger partial charge in [-0.25, -0.2) is 0 Å². The second-order valence-corrected chi connectivity index (χ2v) is 5.39. The lowest BCUT2D eigenvalue weighted by molar-refractivity contribution is 0.144. The van der Waals surface area contributed by atoms with Crippen molar-refractivity contribution >= 4 is 0 Å². The molecule has 1 aromatic rings. The van der Waals surface area contributed by atoms with Gasteiger partial charge in [-0.2, -0.15) is 0 Å². The summed E-state index contributed by atoms with van der Waals surface area (Å²) in [5.74, 6) is 0. The minimum atomic E-state index is -0.323. The molecule has 0 radical (unpaired) electrons. The molecule has 1 fully saturated rings. The van der Waals surface area contributed by atoms with Crippen LogP contribution in [0.5, 0.6) is 0 Å². The Bertz CT molecular complexity index is 341. The van der Waals surface area contributed by atoms with Gasteiger partial charge in [-0.15, -0.1) is 0 Å². The minimum Gasteiger partial charge on any atom is -0.388 e. The maximum atomic E-state index is 10.3. The fourth-order valence-corrected chi connectivity index (χ4v) is 2.73. The largest absolute Gasteiger partial charge is 0.388 e. The van der Waals surface area contributed by atoms with E-state index in [1.54, 1.807) is 0 Å². The summed E-state index contributed by atoms with van der Waals surface area (Å²) in [7, 11) is 0. The summed E-state index contributed by atoms with van der Waals surface area (Å²) in [6.07, 6.45) is 6.58. The summed E-state index contributed by atoms with van der Waals surface area (Å²) < 4.78 is 0. The molecule has 1 aromatic carbocycles. The van der Waals surface area contributed by atoms with Crippen LogP contribution in [-0.2, 0) is 6.42 Å². The molecule has 2 atom stereocenters. The molecule has 1 aliphatic heterocycles. The second-order valence-electron chi connectivity index (χ2n) is 5.39. The molecule has 18 heavy (non-hydrogen) atoms. The molecular formula is C16H25NO. The molecule has 2 N–H and O–H groups in total. The molecule has 0 aromatic heterocycles. The predicted molar refractivity (Wildman–Crippen MR) is 75.7 cm³/mol. The maximum Gasteiger partial charge on any atom is 0.0804 e. The van der Waals surface area contributed by atoms with E-state index in [-0.39, 0.29) is 6.10 Å². The van der Waals surface area contributed by atoms with Crippen molar-refractivity contribution in [1.82, 2.24) is 5.32 Å². The first-order valence-corrected chi connectivity index (χ1v) is 7.30. The molecule has 0 spiro atoms. The van der Waals surface area contributed by atoms with E-state index in [0.717, 1.165) is 24.9 Å². The Labute approximate surface area is 110 Å². The van der Waals surface area contributed by atoms with Crippen molar-refractivity contribution in [2.45, 2.75) is 57.6 Å². The van der Waals surface area contributed by atoms with Crippen molar-refractivity contribution < 1.29 is 5.11 Å². The van der Waals surface area contributed by atoms with Crippen molar-refractivity contribution in [2.75, 3.05) is 6.54 Å². The molecule has 2 rings (SSSR count). The standard InChI is InChI=1S/C16H25NO/c1-2-5-13-7-9-14(10-8-13)16(18)12-15-6-3-4-11-17-15/h7-10,15-18H,2-6,11-12H2,1H3. The number of nitrogens with one attached hydrogen (secondary N) is 1. The molecule has 1 aliphatic rings. The molecule has 100 valence electrons. The van der Waals surface area contributed by atoms with Gasteiger partial charge in [-0.05, 0) is 43.4 Å². The smallest absolute Gasteiger partial charge is 0.0804 e. The van der Waals surface area contributed by atoms with Gasteiger partial charge in [0.25, 0.3) is 0 Å². The van der Waals surface area contributed by atoms with Gasteiger partial charge in [-0.3, -0.25) is 0 Å². The summed E-state index contributed by atoms with van der Waals surface area (Å²) in [6, 6.07) is 8.95. The van der Waals surface area contributed by atoms with E-state index in [1.807, 2.05) is 0 Å². The van der Waals surface area contributed by atoms with Crippen LogP contribution < -0.4 is 5.32 Å². The normalized spacial score (nSPS) is 21.8. The summed E-state index contributed by atoms with van der Waals surface area (Å²) in [5.41, 5.74) is 2.42. The number of piperidine rings is 1. The van der Waals surface area contributed by atoms with Crippen LogP contribution in [0.1, 0.15) is 56.3 Å². The lowest BCUT2D eigenvalue weighted by atomic mass is 9.95. The lowest BCUT2D eigenvalue weighted by Crippen LogP contribution is -2.35. The highest BCUT2D eigenvalue weighted by molar-refractivity contribution is 5.24. The van der Waals surface area contributed by atoms with Crippen LogP contribution >= 0.6 is 0 Å². The van der Waals surface area contributed by atoms with Crippen molar-refractivity contribution in [3.8, 4) is 0 Å². The molecule has 0 amide bonds. The van der Waals surface area contributed by atoms with Crippen molar-refractivity contribution in [3.63, 3.8) is 0 Å². The maximum absolute atomic E-state index is 10.3. The van der Waals surface area contributed by atoms with E-state index in [2.05, 4.69) is 36.5 Å². The Morgan fingerprint density at radius 3 is 2.67 bits per heavy atom. The third kappa shape index (κ3) is 3.82. The van der Waals surface area contributed by atoms with Crippen LogP contribution in [0.25, 0.3) is 0 Å². The van der Waals surface area contributed by atoms with Crippen LogP contribution in [0.15, 0.2) is 24.3 Å². The van der Waals surface area contributed by atoms with Gasteiger partial charge in [0, 0.05) is 6.04 Å². The number of aliphatic hydroxyl groups is 1. The van der Waals surface area contributed by atoms with Gasteiger partial charge < -0.3 is 10.4 Å². The van der Waals surface area contributed by atoms with Crippen LogP contribution in [0.2, 0.25) is 0 Å². The Balaban J connectivity index is 1.89. The summed E-state index contributed by atoms with van der Waals surface area (Å²) in [5, 5.41) is 13.7. The first-order valence-electron chi connectivity index (χ1n) is 7.30. The molecule has 1 saturated heterocycles. The molecule has 2 heteroatoms. The fourth-order valence-electron chi connectivity index (χ4n) is 2.73. The first-order chi connectivity index (χ1) is 8.79. The quantitative estimate of drug-likeness (QED) is 0.837.